The van der Waals surface area contributed by atoms with Gasteiger partial charge in [0.2, 0.25) is 0 Å². The van der Waals surface area contributed by atoms with Gasteiger partial charge in [-0.2, -0.15) is 0 Å². The molecule has 2 saturated heterocycles. The number of ether oxygens (including phenoxy) is 3. The molecule has 3 aliphatic heterocycles. The number of hydrogen-bond acceptors (Lipinski definition) is 6. The summed E-state index contributed by atoms with van der Waals surface area (Å²) in [7, 11) is 0. The van der Waals surface area contributed by atoms with E-state index >= 15 is 0 Å². The molecule has 4 heterocycles. The Bertz CT molecular complexity index is 1420. The van der Waals surface area contributed by atoms with E-state index in [1.165, 1.54) is 6.07 Å². The van der Waals surface area contributed by atoms with Gasteiger partial charge >= 0.3 is 5.97 Å². The normalized spacial score (nSPS) is 23.1. The lowest BCUT2D eigenvalue weighted by molar-refractivity contribution is -0.0712. The molecule has 1 N–H and O–H groups in total. The number of aromatic carboxylic acids is 1. The van der Waals surface area contributed by atoms with Crippen molar-refractivity contribution in [1.82, 2.24) is 14.5 Å². The van der Waals surface area contributed by atoms with E-state index in [-0.39, 0.29) is 17.7 Å². The number of piperidine rings is 1. The van der Waals surface area contributed by atoms with E-state index in [2.05, 4.69) is 16.0 Å². The van der Waals surface area contributed by atoms with Crippen LogP contribution in [0, 0.1) is 12.7 Å². The van der Waals surface area contributed by atoms with Gasteiger partial charge in [0.1, 0.15) is 11.6 Å². The van der Waals surface area contributed by atoms with E-state index in [1.807, 2.05) is 23.6 Å². The lowest BCUT2D eigenvalue weighted by Gasteiger charge is -2.33. The number of carboxylic acids is 1. The number of benzene rings is 2. The Kier molecular flexibility index (Phi) is 6.77. The van der Waals surface area contributed by atoms with Crippen molar-refractivity contribution in [3.63, 3.8) is 0 Å². The zero-order chi connectivity index (χ0) is 27.3. The first kappa shape index (κ1) is 26.1. The number of likely N-dealkylation sites (tertiary alicyclic amines) is 1. The highest BCUT2D eigenvalue weighted by atomic mass is 35.5. The van der Waals surface area contributed by atoms with E-state index in [4.69, 9.17) is 25.8 Å². The van der Waals surface area contributed by atoms with Crippen LogP contribution in [0.4, 0.5) is 4.39 Å². The largest absolute Gasteiger partial charge is 0.476 e. The Morgan fingerprint density at radius 1 is 1.21 bits per heavy atom. The minimum atomic E-state index is -1.28. The SMILES string of the molecule is Cc1c(C(=O)O)nc(CN2CCC(c3cccc4c3OC(C)(c3ccc(Cl)cc3F)O4)CC2)n1CC1CCO1. The summed E-state index contributed by atoms with van der Waals surface area (Å²) in [5.41, 5.74) is 2.12. The maximum atomic E-state index is 14.7. The average molecular weight is 556 g/mol. The molecule has 3 aliphatic rings. The van der Waals surface area contributed by atoms with Gasteiger partial charge in [-0.3, -0.25) is 4.90 Å². The van der Waals surface area contributed by atoms with E-state index in [1.54, 1.807) is 19.1 Å². The van der Waals surface area contributed by atoms with Gasteiger partial charge in [-0.1, -0.05) is 23.7 Å². The molecule has 0 saturated carbocycles. The molecular formula is C29H31ClFN3O5. The van der Waals surface area contributed by atoms with Crippen LogP contribution in [-0.2, 0) is 23.6 Å². The molecule has 0 spiro atoms. The maximum Gasteiger partial charge on any atom is 0.356 e. The molecule has 206 valence electrons. The quantitative estimate of drug-likeness (QED) is 0.412. The summed E-state index contributed by atoms with van der Waals surface area (Å²) in [6.07, 6.45) is 2.87. The fourth-order valence-corrected chi connectivity index (χ4v) is 5.99. The van der Waals surface area contributed by atoms with Crippen molar-refractivity contribution in [3.05, 3.63) is 75.6 Å². The number of rotatable bonds is 7. The molecule has 2 aromatic carbocycles. The predicted octanol–water partition coefficient (Wildman–Crippen LogP) is 5.49. The van der Waals surface area contributed by atoms with Crippen molar-refractivity contribution < 1.29 is 28.5 Å². The molecule has 1 aromatic heterocycles. The Balaban J connectivity index is 1.16. The van der Waals surface area contributed by atoms with Crippen molar-refractivity contribution in [1.29, 1.82) is 0 Å². The van der Waals surface area contributed by atoms with Crippen LogP contribution in [0.3, 0.4) is 0 Å². The molecule has 10 heteroatoms. The summed E-state index contributed by atoms with van der Waals surface area (Å²) in [5.74, 6) is -0.500. The number of aromatic nitrogens is 2. The third-order valence-electron chi connectivity index (χ3n) is 8.11. The van der Waals surface area contributed by atoms with Crippen molar-refractivity contribution in [2.24, 2.45) is 0 Å². The van der Waals surface area contributed by atoms with Crippen LogP contribution < -0.4 is 9.47 Å². The topological polar surface area (TPSA) is 86.0 Å². The Morgan fingerprint density at radius 3 is 2.64 bits per heavy atom. The lowest BCUT2D eigenvalue weighted by Crippen LogP contribution is -2.35. The van der Waals surface area contributed by atoms with Crippen molar-refractivity contribution in [2.75, 3.05) is 19.7 Å². The third kappa shape index (κ3) is 4.88. The summed E-state index contributed by atoms with van der Waals surface area (Å²) in [6.45, 7) is 7.13. The second-order valence-corrected chi connectivity index (χ2v) is 11.1. The molecule has 0 bridgehead atoms. The van der Waals surface area contributed by atoms with Crippen LogP contribution in [0.15, 0.2) is 36.4 Å². The van der Waals surface area contributed by atoms with Crippen LogP contribution in [-0.4, -0.2) is 51.3 Å². The number of nitrogens with zero attached hydrogens (tertiary/aromatic N) is 3. The summed E-state index contributed by atoms with van der Waals surface area (Å²) in [4.78, 5) is 18.5. The monoisotopic (exact) mass is 555 g/mol. The van der Waals surface area contributed by atoms with Gasteiger partial charge in [-0.05, 0) is 69.5 Å². The fourth-order valence-electron chi connectivity index (χ4n) is 5.83. The van der Waals surface area contributed by atoms with Crippen LogP contribution >= 0.6 is 11.6 Å². The number of para-hydroxylation sites is 1. The van der Waals surface area contributed by atoms with Gasteiger partial charge in [0.15, 0.2) is 17.2 Å². The summed E-state index contributed by atoms with van der Waals surface area (Å²) in [6, 6.07) is 10.3. The van der Waals surface area contributed by atoms with Crippen molar-refractivity contribution in [3.8, 4) is 11.5 Å². The molecule has 0 amide bonds. The summed E-state index contributed by atoms with van der Waals surface area (Å²) in [5, 5.41) is 9.94. The van der Waals surface area contributed by atoms with Crippen LogP contribution in [0.25, 0.3) is 0 Å². The molecule has 6 rings (SSSR count). The van der Waals surface area contributed by atoms with Gasteiger partial charge in [0, 0.05) is 29.8 Å². The van der Waals surface area contributed by atoms with Crippen molar-refractivity contribution >= 4 is 17.6 Å². The van der Waals surface area contributed by atoms with Crippen LogP contribution in [0.5, 0.6) is 11.5 Å². The van der Waals surface area contributed by atoms with E-state index in [0.717, 1.165) is 50.3 Å². The van der Waals surface area contributed by atoms with Gasteiger partial charge < -0.3 is 23.9 Å². The highest BCUT2D eigenvalue weighted by Gasteiger charge is 2.43. The van der Waals surface area contributed by atoms with Gasteiger partial charge in [0.25, 0.3) is 5.79 Å². The van der Waals surface area contributed by atoms with E-state index in [9.17, 15) is 14.3 Å². The number of halogens is 2. The molecule has 2 atom stereocenters. The average Bonchev–Trinajstić information content (AvgIpc) is 3.38. The molecule has 3 aromatic rings. The first-order valence-corrected chi connectivity index (χ1v) is 13.7. The van der Waals surface area contributed by atoms with Gasteiger partial charge in [-0.15, -0.1) is 0 Å². The smallest absolute Gasteiger partial charge is 0.356 e. The summed E-state index contributed by atoms with van der Waals surface area (Å²) >= 11 is 5.95. The number of hydrogen-bond donors (Lipinski definition) is 1. The Labute approximate surface area is 231 Å². The van der Waals surface area contributed by atoms with Crippen LogP contribution in [0.1, 0.15) is 65.2 Å². The zero-order valence-corrected chi connectivity index (χ0v) is 22.7. The first-order valence-electron chi connectivity index (χ1n) is 13.3. The van der Waals surface area contributed by atoms with Gasteiger partial charge in [0.05, 0.1) is 24.8 Å². The molecule has 0 aliphatic carbocycles. The molecule has 0 radical (unpaired) electrons. The van der Waals surface area contributed by atoms with Crippen molar-refractivity contribution in [2.45, 2.75) is 64.0 Å². The molecule has 8 nitrogen and oxygen atoms in total. The molecule has 2 fully saturated rings. The standard InChI is InChI=1S/C29H31ClFN3O5/c1-17-26(28(35)36)32-25(34(17)15-20-10-13-37-20)16-33-11-8-18(9-12-33)21-4-3-5-24-27(21)39-29(2,38-24)22-7-6-19(30)14-23(22)31/h3-7,14,18,20H,8-13,15-16H2,1-2H3,(H,35,36). The zero-order valence-electron chi connectivity index (χ0n) is 22.0. The molecule has 39 heavy (non-hydrogen) atoms. The van der Waals surface area contributed by atoms with E-state index < -0.39 is 17.6 Å². The maximum absolute atomic E-state index is 14.7. The molecular weight excluding hydrogens is 525 g/mol. The van der Waals surface area contributed by atoms with Gasteiger partial charge in [-0.25, -0.2) is 14.2 Å². The predicted molar refractivity (Wildman–Crippen MR) is 142 cm³/mol. The highest BCUT2D eigenvalue weighted by Crippen LogP contribution is 2.49. The number of carbonyl (C=O) groups is 1. The fraction of sp³-hybridized carbons (Fsp3) is 0.448. The number of imidazole rings is 1. The Hall–Kier alpha value is -3.14. The lowest BCUT2D eigenvalue weighted by atomic mass is 9.88. The second kappa shape index (κ2) is 10.1. The first-order chi connectivity index (χ1) is 18.7. The van der Waals surface area contributed by atoms with Crippen LogP contribution in [0.2, 0.25) is 5.02 Å². The highest BCUT2D eigenvalue weighted by molar-refractivity contribution is 6.30. The minimum absolute atomic E-state index is 0.108. The number of carboxylic acid groups (broad SMARTS) is 1. The summed E-state index contributed by atoms with van der Waals surface area (Å²) < 4.78 is 34.8. The molecule has 2 unspecified atom stereocenters. The number of fused-ring (bicyclic) bond motifs is 1. The van der Waals surface area contributed by atoms with E-state index in [0.29, 0.717) is 40.9 Å². The third-order valence-corrected chi connectivity index (χ3v) is 8.34. The minimum Gasteiger partial charge on any atom is -0.476 e. The Morgan fingerprint density at radius 2 is 1.97 bits per heavy atom. The second-order valence-electron chi connectivity index (χ2n) is 10.7.